The number of hydrogen-bond acceptors (Lipinski definition) is 5. The van der Waals surface area contributed by atoms with Crippen molar-refractivity contribution in [3.8, 4) is 0 Å². The molecule has 2 N–H and O–H groups in total. The number of alkyl carbamates (subject to hydrolysis) is 1. The minimum atomic E-state index is -0.535. The summed E-state index contributed by atoms with van der Waals surface area (Å²) in [6.07, 6.45) is 1.80. The van der Waals surface area contributed by atoms with Gasteiger partial charge in [-0.05, 0) is 5.92 Å². The summed E-state index contributed by atoms with van der Waals surface area (Å²) >= 11 is 0. The Morgan fingerprint density at radius 2 is 2.11 bits per heavy atom. The van der Waals surface area contributed by atoms with Gasteiger partial charge in [-0.3, -0.25) is 10.1 Å². The molecule has 18 heavy (non-hydrogen) atoms. The third-order valence-electron chi connectivity index (χ3n) is 2.07. The predicted molar refractivity (Wildman–Crippen MR) is 67.1 cm³/mol. The van der Waals surface area contributed by atoms with Crippen LogP contribution < -0.4 is 10.6 Å². The first-order valence-electron chi connectivity index (χ1n) is 5.85. The third-order valence-corrected chi connectivity index (χ3v) is 2.07. The van der Waals surface area contributed by atoms with Crippen molar-refractivity contribution in [3.63, 3.8) is 0 Å². The van der Waals surface area contributed by atoms with Crippen molar-refractivity contribution in [1.29, 1.82) is 0 Å². The number of carbonyl (C=O) groups is 2. The molecule has 0 saturated carbocycles. The van der Waals surface area contributed by atoms with E-state index in [1.807, 2.05) is 13.8 Å². The van der Waals surface area contributed by atoms with Crippen LogP contribution in [-0.2, 0) is 14.4 Å². The van der Waals surface area contributed by atoms with Crippen LogP contribution in [0, 0.1) is 5.92 Å². The van der Waals surface area contributed by atoms with Gasteiger partial charge in [0.1, 0.15) is 0 Å². The molecule has 0 spiro atoms. The molecule has 104 valence electrons. The van der Waals surface area contributed by atoms with E-state index in [1.54, 1.807) is 0 Å². The molecule has 0 aliphatic rings. The maximum absolute atomic E-state index is 11.1. The molecule has 7 nitrogen and oxygen atoms in total. The standard InChI is InChI=1S/C11H21N3O4/c1-4-9(2)7-17-11(16)13-8-18-14-6-5-12-10(3)15/h6,9H,4-5,7-8H2,1-3H3,(H,12,15)(H,13,16)/b14-6-. The molecule has 0 aromatic rings. The van der Waals surface area contributed by atoms with E-state index < -0.39 is 6.09 Å². The van der Waals surface area contributed by atoms with Gasteiger partial charge in [0.15, 0.2) is 6.73 Å². The van der Waals surface area contributed by atoms with Crippen LogP contribution in [0.15, 0.2) is 5.16 Å². The SMILES string of the molecule is CCC(C)COC(=O)NCO/N=C\CNC(C)=O. The maximum Gasteiger partial charge on any atom is 0.409 e. The summed E-state index contributed by atoms with van der Waals surface area (Å²) in [5.74, 6) is 0.195. The van der Waals surface area contributed by atoms with Gasteiger partial charge in [0.05, 0.1) is 19.4 Å². The Morgan fingerprint density at radius 1 is 1.39 bits per heavy atom. The monoisotopic (exact) mass is 259 g/mol. The molecule has 1 unspecified atom stereocenters. The number of nitrogens with one attached hydrogen (secondary N) is 2. The van der Waals surface area contributed by atoms with E-state index in [0.29, 0.717) is 12.5 Å². The minimum absolute atomic E-state index is 0.0735. The summed E-state index contributed by atoms with van der Waals surface area (Å²) in [5, 5.41) is 8.40. The first-order valence-corrected chi connectivity index (χ1v) is 5.85. The highest BCUT2D eigenvalue weighted by atomic mass is 16.6. The van der Waals surface area contributed by atoms with Crippen LogP contribution >= 0.6 is 0 Å². The van der Waals surface area contributed by atoms with Crippen molar-refractivity contribution in [2.24, 2.45) is 11.1 Å². The number of amides is 2. The molecule has 0 aliphatic carbocycles. The highest BCUT2D eigenvalue weighted by Crippen LogP contribution is 2.00. The number of oxime groups is 1. The molecule has 0 saturated heterocycles. The Kier molecular flexibility index (Phi) is 9.34. The second-order valence-electron chi connectivity index (χ2n) is 3.79. The first kappa shape index (κ1) is 16.2. The topological polar surface area (TPSA) is 89.0 Å². The quantitative estimate of drug-likeness (QED) is 0.293. The number of nitrogens with zero attached hydrogens (tertiary/aromatic N) is 1. The highest BCUT2D eigenvalue weighted by molar-refractivity contribution is 5.76. The Bertz CT molecular complexity index is 281. The van der Waals surface area contributed by atoms with Gasteiger partial charge in [-0.25, -0.2) is 4.79 Å². The second-order valence-corrected chi connectivity index (χ2v) is 3.79. The molecule has 0 rings (SSSR count). The minimum Gasteiger partial charge on any atom is -0.449 e. The van der Waals surface area contributed by atoms with E-state index in [4.69, 9.17) is 9.57 Å². The molecule has 0 heterocycles. The summed E-state index contributed by atoms with van der Waals surface area (Å²) in [7, 11) is 0. The largest absolute Gasteiger partial charge is 0.449 e. The summed E-state index contributed by atoms with van der Waals surface area (Å²) in [6.45, 7) is 6.02. The van der Waals surface area contributed by atoms with Gasteiger partial charge in [0.25, 0.3) is 0 Å². The Hall–Kier alpha value is -1.79. The Labute approximate surface area is 107 Å². The van der Waals surface area contributed by atoms with Gasteiger partial charge in [-0.1, -0.05) is 25.4 Å². The predicted octanol–water partition coefficient (Wildman–Crippen LogP) is 0.855. The van der Waals surface area contributed by atoms with Gasteiger partial charge in [-0.15, -0.1) is 0 Å². The summed E-state index contributed by atoms with van der Waals surface area (Å²) < 4.78 is 4.91. The fourth-order valence-electron chi connectivity index (χ4n) is 0.795. The molecular weight excluding hydrogens is 238 g/mol. The molecule has 2 amide bonds. The van der Waals surface area contributed by atoms with Crippen molar-refractivity contribution in [1.82, 2.24) is 10.6 Å². The van der Waals surface area contributed by atoms with Crippen LogP contribution in [0.4, 0.5) is 4.79 Å². The van der Waals surface area contributed by atoms with Crippen LogP contribution in [0.3, 0.4) is 0 Å². The lowest BCUT2D eigenvalue weighted by molar-refractivity contribution is -0.118. The van der Waals surface area contributed by atoms with E-state index in [1.165, 1.54) is 13.1 Å². The van der Waals surface area contributed by atoms with E-state index in [0.717, 1.165) is 6.42 Å². The van der Waals surface area contributed by atoms with Crippen LogP contribution in [0.5, 0.6) is 0 Å². The van der Waals surface area contributed by atoms with Crippen molar-refractivity contribution in [2.75, 3.05) is 19.9 Å². The van der Waals surface area contributed by atoms with Crippen LogP contribution in [0.1, 0.15) is 27.2 Å². The van der Waals surface area contributed by atoms with Crippen LogP contribution in [0.25, 0.3) is 0 Å². The number of carbonyl (C=O) groups excluding carboxylic acids is 2. The van der Waals surface area contributed by atoms with Crippen molar-refractivity contribution < 1.29 is 19.2 Å². The molecule has 0 radical (unpaired) electrons. The summed E-state index contributed by atoms with van der Waals surface area (Å²) in [4.78, 5) is 26.3. The smallest absolute Gasteiger partial charge is 0.409 e. The zero-order valence-corrected chi connectivity index (χ0v) is 11.1. The van der Waals surface area contributed by atoms with Crippen molar-refractivity contribution in [3.05, 3.63) is 0 Å². The zero-order chi connectivity index (χ0) is 13.8. The second kappa shape index (κ2) is 10.4. The van der Waals surface area contributed by atoms with Gasteiger partial charge in [0.2, 0.25) is 5.91 Å². The fourth-order valence-corrected chi connectivity index (χ4v) is 0.795. The highest BCUT2D eigenvalue weighted by Gasteiger charge is 2.04. The van der Waals surface area contributed by atoms with Crippen molar-refractivity contribution in [2.45, 2.75) is 27.2 Å². The maximum atomic E-state index is 11.1. The lowest BCUT2D eigenvalue weighted by Gasteiger charge is -2.09. The average molecular weight is 259 g/mol. The lowest BCUT2D eigenvalue weighted by atomic mass is 10.1. The van der Waals surface area contributed by atoms with E-state index in [2.05, 4.69) is 15.8 Å². The van der Waals surface area contributed by atoms with Gasteiger partial charge in [-0.2, -0.15) is 0 Å². The first-order chi connectivity index (χ1) is 8.56. The van der Waals surface area contributed by atoms with Gasteiger partial charge < -0.3 is 14.9 Å². The van der Waals surface area contributed by atoms with E-state index >= 15 is 0 Å². The summed E-state index contributed by atoms with van der Waals surface area (Å²) in [6, 6.07) is 0. The molecule has 0 aromatic heterocycles. The lowest BCUT2D eigenvalue weighted by Crippen LogP contribution is -2.27. The molecule has 0 bridgehead atoms. The van der Waals surface area contributed by atoms with Gasteiger partial charge >= 0.3 is 6.09 Å². The van der Waals surface area contributed by atoms with Crippen LogP contribution in [0.2, 0.25) is 0 Å². The molecule has 7 heteroatoms. The zero-order valence-electron chi connectivity index (χ0n) is 11.1. The molecule has 0 aromatic carbocycles. The molecule has 1 atom stereocenters. The number of hydrogen-bond donors (Lipinski definition) is 2. The normalized spacial score (nSPS) is 11.9. The van der Waals surface area contributed by atoms with E-state index in [-0.39, 0.29) is 19.2 Å². The average Bonchev–Trinajstić information content (AvgIpc) is 2.34. The Balaban J connectivity index is 3.42. The number of rotatable bonds is 8. The van der Waals surface area contributed by atoms with Crippen molar-refractivity contribution >= 4 is 18.2 Å². The van der Waals surface area contributed by atoms with Gasteiger partial charge in [0, 0.05) is 6.92 Å². The fraction of sp³-hybridized carbons (Fsp3) is 0.727. The van der Waals surface area contributed by atoms with E-state index in [9.17, 15) is 9.59 Å². The molecular formula is C11H21N3O4. The Morgan fingerprint density at radius 3 is 2.72 bits per heavy atom. The molecule has 0 aliphatic heterocycles. The molecule has 0 fully saturated rings. The summed E-state index contributed by atoms with van der Waals surface area (Å²) in [5.41, 5.74) is 0. The third kappa shape index (κ3) is 10.7. The number of ether oxygens (including phenoxy) is 1. The van der Waals surface area contributed by atoms with Crippen LogP contribution in [-0.4, -0.2) is 38.1 Å².